The van der Waals surface area contributed by atoms with Crippen molar-refractivity contribution in [1.29, 1.82) is 0 Å². The van der Waals surface area contributed by atoms with E-state index in [0.717, 1.165) is 11.4 Å². The van der Waals surface area contributed by atoms with Crippen LogP contribution < -0.4 is 5.32 Å². The molecule has 4 heteroatoms. The van der Waals surface area contributed by atoms with Gasteiger partial charge in [-0.15, -0.1) is 0 Å². The highest BCUT2D eigenvalue weighted by molar-refractivity contribution is 7.80. The molecule has 1 aromatic rings. The fourth-order valence-electron chi connectivity index (χ4n) is 0.957. The number of hydrogen-bond acceptors (Lipinski definition) is 3. The Labute approximate surface area is 89.5 Å². The molecule has 0 aliphatic carbocycles. The number of nitrogens with one attached hydrogen (secondary N) is 1. The van der Waals surface area contributed by atoms with Gasteiger partial charge in [0.15, 0.2) is 0 Å². The summed E-state index contributed by atoms with van der Waals surface area (Å²) < 4.78 is 5.29. The molecule has 3 nitrogen and oxygen atoms in total. The van der Waals surface area contributed by atoms with E-state index in [0.29, 0.717) is 5.17 Å². The van der Waals surface area contributed by atoms with Crippen molar-refractivity contribution in [2.45, 2.75) is 26.9 Å². The second kappa shape index (κ2) is 4.91. The van der Waals surface area contributed by atoms with Crippen LogP contribution in [0.1, 0.15) is 19.4 Å². The van der Waals surface area contributed by atoms with Crippen molar-refractivity contribution in [2.75, 3.05) is 5.32 Å². The summed E-state index contributed by atoms with van der Waals surface area (Å²) in [4.78, 5) is 4.15. The maximum absolute atomic E-state index is 5.29. The lowest BCUT2D eigenvalue weighted by Gasteiger charge is -2.12. The van der Waals surface area contributed by atoms with E-state index in [2.05, 4.69) is 10.3 Å². The Morgan fingerprint density at radius 1 is 1.57 bits per heavy atom. The molecule has 1 N–H and O–H groups in total. The standard InChI is InChI=1S/C10H14N2OS/c1-7(2)13-10(14)12-9-8(3)5-4-6-11-9/h4-7H,1-3H3,(H,11,12,14). The van der Waals surface area contributed by atoms with E-state index in [-0.39, 0.29) is 6.10 Å². The van der Waals surface area contributed by atoms with Gasteiger partial charge in [0, 0.05) is 6.20 Å². The van der Waals surface area contributed by atoms with Gasteiger partial charge in [-0.2, -0.15) is 0 Å². The van der Waals surface area contributed by atoms with Crippen molar-refractivity contribution in [1.82, 2.24) is 4.98 Å². The van der Waals surface area contributed by atoms with E-state index in [1.54, 1.807) is 6.20 Å². The number of nitrogens with zero attached hydrogens (tertiary/aromatic N) is 1. The number of aromatic nitrogens is 1. The summed E-state index contributed by atoms with van der Waals surface area (Å²) in [6.45, 7) is 5.83. The first-order chi connectivity index (χ1) is 6.59. The van der Waals surface area contributed by atoms with Gasteiger partial charge in [-0.05, 0) is 44.6 Å². The van der Waals surface area contributed by atoms with Gasteiger partial charge < -0.3 is 10.1 Å². The SMILES string of the molecule is Cc1cccnc1NC(=S)OC(C)C. The van der Waals surface area contributed by atoms with Crippen molar-refractivity contribution >= 4 is 23.2 Å². The smallest absolute Gasteiger partial charge is 0.262 e. The first-order valence-electron chi connectivity index (χ1n) is 4.49. The molecule has 0 unspecified atom stereocenters. The number of pyridine rings is 1. The number of thiocarbonyl (C=S) groups is 1. The summed E-state index contributed by atoms with van der Waals surface area (Å²) in [5, 5.41) is 3.30. The molecule has 76 valence electrons. The summed E-state index contributed by atoms with van der Waals surface area (Å²) in [5.74, 6) is 0.748. The minimum atomic E-state index is 0.0824. The van der Waals surface area contributed by atoms with Crippen LogP contribution in [0.25, 0.3) is 0 Å². The Hall–Kier alpha value is -1.16. The van der Waals surface area contributed by atoms with Gasteiger partial charge in [-0.25, -0.2) is 4.98 Å². The van der Waals surface area contributed by atoms with Crippen molar-refractivity contribution in [2.24, 2.45) is 0 Å². The lowest BCUT2D eigenvalue weighted by molar-refractivity contribution is 0.234. The lowest BCUT2D eigenvalue weighted by Crippen LogP contribution is -2.18. The molecule has 0 aliphatic heterocycles. The highest BCUT2D eigenvalue weighted by Gasteiger charge is 2.03. The minimum absolute atomic E-state index is 0.0824. The van der Waals surface area contributed by atoms with Crippen LogP contribution in [0.2, 0.25) is 0 Å². The summed E-state index contributed by atoms with van der Waals surface area (Å²) in [7, 11) is 0. The summed E-state index contributed by atoms with van der Waals surface area (Å²) in [6.07, 6.45) is 1.80. The molecule has 0 amide bonds. The second-order valence-corrected chi connectivity index (χ2v) is 3.62. The van der Waals surface area contributed by atoms with Crippen LogP contribution >= 0.6 is 12.2 Å². The van der Waals surface area contributed by atoms with E-state index in [9.17, 15) is 0 Å². The third-order valence-electron chi connectivity index (χ3n) is 1.57. The Balaban J connectivity index is 2.61. The molecule has 0 bridgehead atoms. The van der Waals surface area contributed by atoms with E-state index in [4.69, 9.17) is 17.0 Å². The van der Waals surface area contributed by atoms with Crippen molar-refractivity contribution in [3.63, 3.8) is 0 Å². The summed E-state index contributed by atoms with van der Waals surface area (Å²) in [6, 6.07) is 3.85. The third-order valence-corrected chi connectivity index (χ3v) is 1.77. The molecular formula is C10H14N2OS. The van der Waals surface area contributed by atoms with Crippen molar-refractivity contribution in [3.05, 3.63) is 23.9 Å². The van der Waals surface area contributed by atoms with E-state index < -0.39 is 0 Å². The van der Waals surface area contributed by atoms with Crippen LogP contribution in [0.15, 0.2) is 18.3 Å². The van der Waals surface area contributed by atoms with Gasteiger partial charge in [0.2, 0.25) is 0 Å². The highest BCUT2D eigenvalue weighted by atomic mass is 32.1. The molecule has 1 heterocycles. The molecule has 0 radical (unpaired) electrons. The molecule has 14 heavy (non-hydrogen) atoms. The normalized spacial score (nSPS) is 10.0. The number of anilines is 1. The Kier molecular flexibility index (Phi) is 3.83. The van der Waals surface area contributed by atoms with Gasteiger partial charge in [0.05, 0.1) is 6.10 Å². The molecule has 0 saturated carbocycles. The fraction of sp³-hybridized carbons (Fsp3) is 0.400. The number of ether oxygens (including phenoxy) is 1. The Bertz CT molecular complexity index is 326. The molecule has 1 rings (SSSR count). The molecule has 0 spiro atoms. The second-order valence-electron chi connectivity index (χ2n) is 3.25. The van der Waals surface area contributed by atoms with Crippen LogP contribution in [0.3, 0.4) is 0 Å². The zero-order valence-corrected chi connectivity index (χ0v) is 9.39. The van der Waals surface area contributed by atoms with Gasteiger partial charge in [-0.3, -0.25) is 0 Å². The predicted octanol–water partition coefficient (Wildman–Crippen LogP) is 2.51. The topological polar surface area (TPSA) is 34.2 Å². The van der Waals surface area contributed by atoms with Crippen molar-refractivity contribution < 1.29 is 4.74 Å². The molecule has 0 fully saturated rings. The fourth-order valence-corrected chi connectivity index (χ4v) is 1.25. The van der Waals surface area contributed by atoms with Gasteiger partial charge in [-0.1, -0.05) is 6.07 Å². The Morgan fingerprint density at radius 3 is 2.86 bits per heavy atom. The molecule has 1 aromatic heterocycles. The molecule has 0 saturated heterocycles. The first-order valence-corrected chi connectivity index (χ1v) is 4.89. The zero-order chi connectivity index (χ0) is 10.6. The van der Waals surface area contributed by atoms with Crippen molar-refractivity contribution in [3.8, 4) is 0 Å². The van der Waals surface area contributed by atoms with Crippen LogP contribution in [-0.2, 0) is 4.74 Å². The summed E-state index contributed by atoms with van der Waals surface area (Å²) >= 11 is 5.00. The Morgan fingerprint density at radius 2 is 2.29 bits per heavy atom. The van der Waals surface area contributed by atoms with Crippen LogP contribution in [0.5, 0.6) is 0 Å². The quantitative estimate of drug-likeness (QED) is 0.761. The number of aryl methyl sites for hydroxylation is 1. The van der Waals surface area contributed by atoms with Gasteiger partial charge >= 0.3 is 0 Å². The first kappa shape index (κ1) is 10.9. The van der Waals surface area contributed by atoms with Crippen LogP contribution in [-0.4, -0.2) is 16.3 Å². The maximum atomic E-state index is 5.29. The zero-order valence-electron chi connectivity index (χ0n) is 8.57. The molecule has 0 atom stereocenters. The van der Waals surface area contributed by atoms with E-state index in [1.807, 2.05) is 32.9 Å². The minimum Gasteiger partial charge on any atom is -0.468 e. The van der Waals surface area contributed by atoms with E-state index >= 15 is 0 Å². The van der Waals surface area contributed by atoms with Crippen LogP contribution in [0, 0.1) is 6.92 Å². The average Bonchev–Trinajstić information content (AvgIpc) is 2.07. The van der Waals surface area contributed by atoms with Gasteiger partial charge in [0.25, 0.3) is 5.17 Å². The monoisotopic (exact) mass is 210 g/mol. The predicted molar refractivity (Wildman–Crippen MR) is 61.4 cm³/mol. The third kappa shape index (κ3) is 3.30. The van der Waals surface area contributed by atoms with E-state index in [1.165, 1.54) is 0 Å². The maximum Gasteiger partial charge on any atom is 0.262 e. The average molecular weight is 210 g/mol. The molecular weight excluding hydrogens is 196 g/mol. The summed E-state index contributed by atoms with van der Waals surface area (Å²) in [5.41, 5.74) is 1.04. The molecule has 0 aliphatic rings. The highest BCUT2D eigenvalue weighted by Crippen LogP contribution is 2.09. The van der Waals surface area contributed by atoms with Gasteiger partial charge in [0.1, 0.15) is 5.82 Å². The number of hydrogen-bond donors (Lipinski definition) is 1. The largest absolute Gasteiger partial charge is 0.468 e. The molecule has 0 aromatic carbocycles. The number of rotatable bonds is 2. The lowest BCUT2D eigenvalue weighted by atomic mass is 10.3. The van der Waals surface area contributed by atoms with Crippen LogP contribution in [0.4, 0.5) is 5.82 Å².